The second-order valence-corrected chi connectivity index (χ2v) is 8.90. The minimum absolute atomic E-state index is 0.0253. The molecule has 8 nitrogen and oxygen atoms in total. The lowest BCUT2D eigenvalue weighted by molar-refractivity contribution is 0.161. The summed E-state index contributed by atoms with van der Waals surface area (Å²) in [5.41, 5.74) is 3.65. The molecule has 5 rings (SSSR count). The fourth-order valence-corrected chi connectivity index (χ4v) is 4.58. The van der Waals surface area contributed by atoms with Gasteiger partial charge in [-0.25, -0.2) is 14.5 Å². The van der Waals surface area contributed by atoms with Gasteiger partial charge in [-0.2, -0.15) is 5.10 Å². The SMILES string of the molecule is Cc1ccc(NC(=O)N2CC(c3nc4c(cnn4C4CCCCC4)c(=O)[nH]3)C2)cc1C. The molecule has 2 aromatic heterocycles. The van der Waals surface area contributed by atoms with E-state index in [4.69, 9.17) is 4.98 Å². The molecule has 3 aromatic rings. The molecule has 0 unspecified atom stereocenters. The van der Waals surface area contributed by atoms with Crippen molar-refractivity contribution < 1.29 is 4.79 Å². The first-order valence-corrected chi connectivity index (χ1v) is 11.1. The van der Waals surface area contributed by atoms with Crippen LogP contribution < -0.4 is 10.9 Å². The first-order valence-electron chi connectivity index (χ1n) is 11.1. The number of aromatic nitrogens is 4. The highest BCUT2D eigenvalue weighted by atomic mass is 16.2. The molecule has 2 fully saturated rings. The number of likely N-dealkylation sites (tertiary alicyclic amines) is 1. The molecule has 1 saturated heterocycles. The van der Waals surface area contributed by atoms with Gasteiger partial charge >= 0.3 is 6.03 Å². The van der Waals surface area contributed by atoms with Crippen molar-refractivity contribution in [1.82, 2.24) is 24.6 Å². The van der Waals surface area contributed by atoms with Gasteiger partial charge in [-0.3, -0.25) is 4.79 Å². The number of amides is 2. The minimum atomic E-state index is -0.153. The van der Waals surface area contributed by atoms with Gasteiger partial charge < -0.3 is 15.2 Å². The van der Waals surface area contributed by atoms with E-state index >= 15 is 0 Å². The van der Waals surface area contributed by atoms with Crippen molar-refractivity contribution in [2.45, 2.75) is 57.9 Å². The lowest BCUT2D eigenvalue weighted by atomic mass is 9.96. The van der Waals surface area contributed by atoms with E-state index in [1.165, 1.54) is 24.8 Å². The van der Waals surface area contributed by atoms with Crippen molar-refractivity contribution in [2.75, 3.05) is 18.4 Å². The van der Waals surface area contributed by atoms with Gasteiger partial charge in [-0.1, -0.05) is 25.3 Å². The Bertz CT molecular complexity index is 1180. The Morgan fingerprint density at radius 2 is 1.90 bits per heavy atom. The Kier molecular flexibility index (Phi) is 5.00. The van der Waals surface area contributed by atoms with E-state index in [1.807, 2.05) is 36.7 Å². The first kappa shape index (κ1) is 19.8. The maximum absolute atomic E-state index is 12.6. The van der Waals surface area contributed by atoms with Crippen LogP contribution in [-0.4, -0.2) is 43.8 Å². The predicted octanol–water partition coefficient (Wildman–Crippen LogP) is 3.87. The van der Waals surface area contributed by atoms with Gasteiger partial charge in [-0.05, 0) is 49.9 Å². The molecule has 3 heterocycles. The van der Waals surface area contributed by atoms with Crippen LogP contribution in [0.2, 0.25) is 0 Å². The molecule has 1 saturated carbocycles. The smallest absolute Gasteiger partial charge is 0.321 e. The fraction of sp³-hybridized carbons (Fsp3) is 0.478. The summed E-state index contributed by atoms with van der Waals surface area (Å²) >= 11 is 0. The average molecular weight is 421 g/mol. The van der Waals surface area contributed by atoms with Gasteiger partial charge in [-0.15, -0.1) is 0 Å². The Labute approximate surface area is 180 Å². The van der Waals surface area contributed by atoms with Gasteiger partial charge in [0.2, 0.25) is 0 Å². The molecule has 162 valence electrons. The molecule has 0 bridgehead atoms. The Morgan fingerprint density at radius 1 is 1.13 bits per heavy atom. The zero-order chi connectivity index (χ0) is 21.5. The number of carbonyl (C=O) groups excluding carboxylic acids is 1. The summed E-state index contributed by atoms with van der Waals surface area (Å²) in [5.74, 6) is 0.669. The Balaban J connectivity index is 1.30. The number of H-pyrrole nitrogens is 1. The lowest BCUT2D eigenvalue weighted by Gasteiger charge is -2.38. The number of urea groups is 1. The number of hydrogen-bond donors (Lipinski definition) is 2. The van der Waals surface area contributed by atoms with Crippen molar-refractivity contribution in [3.8, 4) is 0 Å². The van der Waals surface area contributed by atoms with E-state index in [9.17, 15) is 9.59 Å². The van der Waals surface area contributed by atoms with Crippen LogP contribution in [0.5, 0.6) is 0 Å². The highest BCUT2D eigenvalue weighted by molar-refractivity contribution is 5.90. The molecule has 0 atom stereocenters. The van der Waals surface area contributed by atoms with E-state index in [2.05, 4.69) is 15.4 Å². The largest absolute Gasteiger partial charge is 0.323 e. The van der Waals surface area contributed by atoms with Crippen molar-refractivity contribution in [3.63, 3.8) is 0 Å². The normalized spacial score (nSPS) is 17.7. The monoisotopic (exact) mass is 420 g/mol. The number of hydrogen-bond acceptors (Lipinski definition) is 4. The molecule has 31 heavy (non-hydrogen) atoms. The third-order valence-corrected chi connectivity index (χ3v) is 6.72. The average Bonchev–Trinajstić information content (AvgIpc) is 3.15. The highest BCUT2D eigenvalue weighted by Gasteiger charge is 2.34. The van der Waals surface area contributed by atoms with Crippen LogP contribution in [0.3, 0.4) is 0 Å². The third-order valence-electron chi connectivity index (χ3n) is 6.72. The van der Waals surface area contributed by atoms with E-state index in [-0.39, 0.29) is 17.5 Å². The van der Waals surface area contributed by atoms with E-state index in [0.717, 1.165) is 24.1 Å². The number of carbonyl (C=O) groups is 1. The van der Waals surface area contributed by atoms with Crippen LogP contribution in [0.4, 0.5) is 10.5 Å². The first-order chi connectivity index (χ1) is 15.0. The summed E-state index contributed by atoms with van der Waals surface area (Å²) in [6.07, 6.45) is 7.43. The quantitative estimate of drug-likeness (QED) is 0.672. The molecule has 1 aliphatic carbocycles. The number of anilines is 1. The standard InChI is InChI=1S/C23H28N6O2/c1-14-8-9-17(10-15(14)2)25-23(31)28-12-16(13-28)20-26-21-19(22(30)27-20)11-24-29(21)18-6-4-3-5-7-18/h8-11,16,18H,3-7,12-13H2,1-2H3,(H,25,31)(H,26,27,30). The minimum Gasteiger partial charge on any atom is -0.323 e. The fourth-order valence-electron chi connectivity index (χ4n) is 4.58. The Morgan fingerprint density at radius 3 is 2.65 bits per heavy atom. The second-order valence-electron chi connectivity index (χ2n) is 8.90. The summed E-state index contributed by atoms with van der Waals surface area (Å²) in [7, 11) is 0. The summed E-state index contributed by atoms with van der Waals surface area (Å²) in [6.45, 7) is 5.14. The molecule has 0 radical (unpaired) electrons. The van der Waals surface area contributed by atoms with E-state index in [1.54, 1.807) is 11.1 Å². The highest BCUT2D eigenvalue weighted by Crippen LogP contribution is 2.30. The van der Waals surface area contributed by atoms with Gasteiger partial charge in [0, 0.05) is 18.8 Å². The molecule has 1 aliphatic heterocycles. The lowest BCUT2D eigenvalue weighted by Crippen LogP contribution is -2.51. The van der Waals surface area contributed by atoms with Crippen molar-refractivity contribution >= 4 is 22.8 Å². The number of fused-ring (bicyclic) bond motifs is 1. The topological polar surface area (TPSA) is 95.9 Å². The van der Waals surface area contributed by atoms with Gasteiger partial charge in [0.15, 0.2) is 5.65 Å². The summed E-state index contributed by atoms with van der Waals surface area (Å²) in [6, 6.07) is 6.08. The number of nitrogens with zero attached hydrogens (tertiary/aromatic N) is 4. The molecule has 1 aromatic carbocycles. The number of aryl methyl sites for hydroxylation is 2. The zero-order valence-corrected chi connectivity index (χ0v) is 18.0. The summed E-state index contributed by atoms with van der Waals surface area (Å²) < 4.78 is 1.94. The Hall–Kier alpha value is -3.16. The van der Waals surface area contributed by atoms with Crippen molar-refractivity contribution in [3.05, 3.63) is 51.7 Å². The second kappa shape index (κ2) is 7.83. The third kappa shape index (κ3) is 3.71. The van der Waals surface area contributed by atoms with E-state index in [0.29, 0.717) is 36.0 Å². The molecule has 2 N–H and O–H groups in total. The van der Waals surface area contributed by atoms with Crippen LogP contribution in [0, 0.1) is 13.8 Å². The molecule has 8 heteroatoms. The summed E-state index contributed by atoms with van der Waals surface area (Å²) in [5, 5.41) is 7.98. The van der Waals surface area contributed by atoms with Gasteiger partial charge in [0.1, 0.15) is 11.2 Å². The molecular weight excluding hydrogens is 392 g/mol. The number of benzene rings is 1. The van der Waals surface area contributed by atoms with Crippen molar-refractivity contribution in [1.29, 1.82) is 0 Å². The maximum Gasteiger partial charge on any atom is 0.321 e. The predicted molar refractivity (Wildman–Crippen MR) is 120 cm³/mol. The molecule has 0 spiro atoms. The van der Waals surface area contributed by atoms with E-state index < -0.39 is 0 Å². The van der Waals surface area contributed by atoms with Crippen molar-refractivity contribution in [2.24, 2.45) is 0 Å². The maximum atomic E-state index is 12.6. The van der Waals surface area contributed by atoms with Crippen LogP contribution >= 0.6 is 0 Å². The molecule has 2 amide bonds. The van der Waals surface area contributed by atoms with Gasteiger partial charge in [0.25, 0.3) is 5.56 Å². The van der Waals surface area contributed by atoms with Crippen LogP contribution in [0.15, 0.2) is 29.2 Å². The number of nitrogens with one attached hydrogen (secondary N) is 2. The zero-order valence-electron chi connectivity index (χ0n) is 18.0. The van der Waals surface area contributed by atoms with Crippen LogP contribution in [0.1, 0.15) is 61.0 Å². The van der Waals surface area contributed by atoms with Crippen LogP contribution in [-0.2, 0) is 0 Å². The van der Waals surface area contributed by atoms with Gasteiger partial charge in [0.05, 0.1) is 18.2 Å². The summed E-state index contributed by atoms with van der Waals surface area (Å²) in [4.78, 5) is 34.6. The molecule has 2 aliphatic rings. The molecular formula is C23H28N6O2. The number of aromatic amines is 1. The van der Waals surface area contributed by atoms with Crippen LogP contribution in [0.25, 0.3) is 11.0 Å². The number of rotatable bonds is 3.